The summed E-state index contributed by atoms with van der Waals surface area (Å²) in [5, 5.41) is 0.668. The van der Waals surface area contributed by atoms with Crippen LogP contribution in [0.5, 0.6) is 5.75 Å². The summed E-state index contributed by atoms with van der Waals surface area (Å²) in [7, 11) is 1.64. The highest BCUT2D eigenvalue weighted by Crippen LogP contribution is 2.25. The molecule has 0 bridgehead atoms. The highest BCUT2D eigenvalue weighted by atomic mass is 35.5. The number of aromatic nitrogens is 3. The molecule has 0 radical (unpaired) electrons. The van der Waals surface area contributed by atoms with Gasteiger partial charge in [0.1, 0.15) is 17.9 Å². The summed E-state index contributed by atoms with van der Waals surface area (Å²) >= 11 is 6.24. The number of methoxy groups -OCH3 is 1. The first kappa shape index (κ1) is 16.4. The first-order valence-electron chi connectivity index (χ1n) is 8.11. The van der Waals surface area contributed by atoms with Crippen LogP contribution in [0.3, 0.4) is 0 Å². The number of halogens is 1. The van der Waals surface area contributed by atoms with Crippen molar-refractivity contribution in [1.82, 2.24) is 14.7 Å². The molecule has 2 aromatic carbocycles. The maximum atomic E-state index is 6.24. The van der Waals surface area contributed by atoms with Crippen LogP contribution in [-0.4, -0.2) is 21.8 Å². The van der Waals surface area contributed by atoms with E-state index in [4.69, 9.17) is 21.2 Å². The highest BCUT2D eigenvalue weighted by molar-refractivity contribution is 6.31. The number of pyridine rings is 1. The van der Waals surface area contributed by atoms with Crippen LogP contribution in [0.2, 0.25) is 5.02 Å². The van der Waals surface area contributed by atoms with Gasteiger partial charge in [0.2, 0.25) is 0 Å². The van der Waals surface area contributed by atoms with Crippen molar-refractivity contribution in [3.63, 3.8) is 0 Å². The van der Waals surface area contributed by atoms with E-state index in [1.807, 2.05) is 60.7 Å². The van der Waals surface area contributed by atoms with Gasteiger partial charge in [-0.15, -0.1) is 0 Å². The predicted octanol–water partition coefficient (Wildman–Crippen LogP) is 4.39. The van der Waals surface area contributed by atoms with Crippen LogP contribution in [0.4, 0.5) is 0 Å². The van der Waals surface area contributed by atoms with E-state index in [9.17, 15) is 0 Å². The zero-order valence-corrected chi connectivity index (χ0v) is 14.8. The standard InChI is InChI=1S/C20H16ClN3O2/c1-25-16-10-8-14(9-11-16)20-23-19-18(7-4-12-22-19)24(20)26-13-15-5-2-3-6-17(15)21/h2-12H,13H2,1H3. The summed E-state index contributed by atoms with van der Waals surface area (Å²) in [4.78, 5) is 15.0. The minimum absolute atomic E-state index is 0.323. The second-order valence-electron chi connectivity index (χ2n) is 5.67. The summed E-state index contributed by atoms with van der Waals surface area (Å²) in [5.74, 6) is 1.46. The molecule has 5 nitrogen and oxygen atoms in total. The van der Waals surface area contributed by atoms with E-state index in [0.29, 0.717) is 23.1 Å². The van der Waals surface area contributed by atoms with Gasteiger partial charge < -0.3 is 9.57 Å². The molecule has 2 heterocycles. The van der Waals surface area contributed by atoms with Crippen LogP contribution in [0.25, 0.3) is 22.6 Å². The van der Waals surface area contributed by atoms with Gasteiger partial charge in [-0.1, -0.05) is 29.8 Å². The minimum atomic E-state index is 0.323. The fourth-order valence-electron chi connectivity index (χ4n) is 2.70. The SMILES string of the molecule is COc1ccc(-c2nc3ncccc3n2OCc2ccccc2Cl)cc1. The van der Waals surface area contributed by atoms with Gasteiger partial charge in [0.25, 0.3) is 0 Å². The second kappa shape index (κ2) is 7.06. The molecular weight excluding hydrogens is 350 g/mol. The van der Waals surface area contributed by atoms with Crippen molar-refractivity contribution in [2.45, 2.75) is 6.61 Å². The van der Waals surface area contributed by atoms with Crippen molar-refractivity contribution in [2.24, 2.45) is 0 Å². The zero-order valence-electron chi connectivity index (χ0n) is 14.1. The molecule has 130 valence electrons. The first-order chi connectivity index (χ1) is 12.8. The van der Waals surface area contributed by atoms with Crippen LogP contribution in [-0.2, 0) is 6.61 Å². The monoisotopic (exact) mass is 365 g/mol. The van der Waals surface area contributed by atoms with Gasteiger partial charge in [0, 0.05) is 22.3 Å². The summed E-state index contributed by atoms with van der Waals surface area (Å²) in [6, 6.07) is 19.1. The Labute approximate surface area is 155 Å². The van der Waals surface area contributed by atoms with E-state index in [1.165, 1.54) is 0 Å². The van der Waals surface area contributed by atoms with E-state index >= 15 is 0 Å². The van der Waals surface area contributed by atoms with E-state index < -0.39 is 0 Å². The molecule has 0 aliphatic carbocycles. The summed E-state index contributed by atoms with van der Waals surface area (Å²) in [5.41, 5.74) is 3.23. The zero-order chi connectivity index (χ0) is 17.9. The smallest absolute Gasteiger partial charge is 0.181 e. The Bertz CT molecular complexity index is 1040. The van der Waals surface area contributed by atoms with Crippen molar-refractivity contribution in [3.8, 4) is 17.1 Å². The molecule has 0 N–H and O–H groups in total. The molecule has 0 saturated heterocycles. The Morgan fingerprint density at radius 1 is 1.00 bits per heavy atom. The van der Waals surface area contributed by atoms with E-state index in [-0.39, 0.29) is 0 Å². The third kappa shape index (κ3) is 3.09. The fraction of sp³-hybridized carbons (Fsp3) is 0.100. The molecule has 0 unspecified atom stereocenters. The van der Waals surface area contributed by atoms with Crippen molar-refractivity contribution in [3.05, 3.63) is 77.4 Å². The number of hydrogen-bond donors (Lipinski definition) is 0. The number of benzene rings is 2. The second-order valence-corrected chi connectivity index (χ2v) is 6.08. The lowest BCUT2D eigenvalue weighted by atomic mass is 10.2. The van der Waals surface area contributed by atoms with E-state index in [0.717, 1.165) is 22.4 Å². The molecule has 0 atom stereocenters. The number of rotatable bonds is 5. The normalized spacial score (nSPS) is 10.8. The number of imidazole rings is 1. The Morgan fingerprint density at radius 3 is 2.58 bits per heavy atom. The number of hydrogen-bond acceptors (Lipinski definition) is 4. The topological polar surface area (TPSA) is 49.2 Å². The van der Waals surface area contributed by atoms with E-state index in [2.05, 4.69) is 9.97 Å². The van der Waals surface area contributed by atoms with Gasteiger partial charge in [-0.2, -0.15) is 4.73 Å². The lowest BCUT2D eigenvalue weighted by Gasteiger charge is -2.12. The maximum absolute atomic E-state index is 6.24. The van der Waals surface area contributed by atoms with Gasteiger partial charge in [-0.05, 0) is 42.5 Å². The molecule has 6 heteroatoms. The number of nitrogens with zero attached hydrogens (tertiary/aromatic N) is 3. The van der Waals surface area contributed by atoms with Crippen molar-refractivity contribution < 1.29 is 9.57 Å². The van der Waals surface area contributed by atoms with Crippen molar-refractivity contribution in [2.75, 3.05) is 7.11 Å². The average molecular weight is 366 g/mol. The van der Waals surface area contributed by atoms with Gasteiger partial charge in [0.05, 0.1) is 7.11 Å². The maximum Gasteiger partial charge on any atom is 0.181 e. The fourth-order valence-corrected chi connectivity index (χ4v) is 2.89. The molecule has 0 spiro atoms. The Balaban J connectivity index is 1.75. The third-order valence-electron chi connectivity index (χ3n) is 4.04. The van der Waals surface area contributed by atoms with Crippen LogP contribution >= 0.6 is 11.6 Å². The molecule has 4 rings (SSSR count). The van der Waals surface area contributed by atoms with Gasteiger partial charge in [-0.3, -0.25) is 0 Å². The number of fused-ring (bicyclic) bond motifs is 1. The summed E-state index contributed by atoms with van der Waals surface area (Å²) < 4.78 is 6.93. The molecule has 0 saturated carbocycles. The van der Waals surface area contributed by atoms with Crippen LogP contribution in [0.1, 0.15) is 5.56 Å². The number of ether oxygens (including phenoxy) is 1. The molecule has 0 amide bonds. The Kier molecular flexibility index (Phi) is 4.46. The molecule has 26 heavy (non-hydrogen) atoms. The predicted molar refractivity (Wildman–Crippen MR) is 101 cm³/mol. The quantitative estimate of drug-likeness (QED) is 0.526. The van der Waals surface area contributed by atoms with Crippen molar-refractivity contribution >= 4 is 22.8 Å². The van der Waals surface area contributed by atoms with Gasteiger partial charge in [-0.25, -0.2) is 9.97 Å². The van der Waals surface area contributed by atoms with Gasteiger partial charge >= 0.3 is 0 Å². The van der Waals surface area contributed by atoms with Crippen LogP contribution in [0.15, 0.2) is 66.9 Å². The summed E-state index contributed by atoms with van der Waals surface area (Å²) in [6.45, 7) is 0.323. The lowest BCUT2D eigenvalue weighted by molar-refractivity contribution is 0.110. The first-order valence-corrected chi connectivity index (χ1v) is 8.48. The molecule has 2 aromatic heterocycles. The van der Waals surface area contributed by atoms with Gasteiger partial charge in [0.15, 0.2) is 11.5 Å². The highest BCUT2D eigenvalue weighted by Gasteiger charge is 2.15. The van der Waals surface area contributed by atoms with Crippen molar-refractivity contribution in [1.29, 1.82) is 0 Å². The summed E-state index contributed by atoms with van der Waals surface area (Å²) in [6.07, 6.45) is 1.71. The molecule has 0 fully saturated rings. The molecule has 0 aliphatic rings. The molecule has 0 aliphatic heterocycles. The molecular formula is C20H16ClN3O2. The Morgan fingerprint density at radius 2 is 1.81 bits per heavy atom. The third-order valence-corrected chi connectivity index (χ3v) is 4.41. The van der Waals surface area contributed by atoms with Crippen LogP contribution in [0, 0.1) is 0 Å². The Hall–Kier alpha value is -3.05. The lowest BCUT2D eigenvalue weighted by Crippen LogP contribution is -2.13. The van der Waals surface area contributed by atoms with Crippen LogP contribution < -0.4 is 9.57 Å². The largest absolute Gasteiger partial charge is 0.497 e. The molecule has 4 aromatic rings. The minimum Gasteiger partial charge on any atom is -0.497 e. The average Bonchev–Trinajstić information content (AvgIpc) is 3.06. The van der Waals surface area contributed by atoms with E-state index in [1.54, 1.807) is 18.0 Å².